The average Bonchev–Trinajstić information content (AvgIpc) is 2.60. The average molecular weight is 213 g/mol. The van der Waals surface area contributed by atoms with Crippen molar-refractivity contribution in [1.29, 1.82) is 0 Å². The molecule has 0 bridgehead atoms. The first-order chi connectivity index (χ1) is 6.69. The van der Waals surface area contributed by atoms with Crippen molar-refractivity contribution in [1.82, 2.24) is 5.32 Å². The van der Waals surface area contributed by atoms with Gasteiger partial charge in [-0.05, 0) is 24.3 Å². The van der Waals surface area contributed by atoms with Crippen LogP contribution in [0.3, 0.4) is 0 Å². The van der Waals surface area contributed by atoms with Crippen LogP contribution >= 0.6 is 11.3 Å². The van der Waals surface area contributed by atoms with Crippen molar-refractivity contribution >= 4 is 17.2 Å². The topological polar surface area (TPSA) is 49.3 Å². The normalized spacial score (nSPS) is 12.5. The van der Waals surface area contributed by atoms with Crippen molar-refractivity contribution in [3.63, 3.8) is 0 Å². The maximum atomic E-state index is 11.6. The van der Waals surface area contributed by atoms with E-state index in [1.807, 2.05) is 24.6 Å². The smallest absolute Gasteiger partial charge is 0.252 e. The van der Waals surface area contributed by atoms with E-state index in [1.54, 1.807) is 0 Å². The van der Waals surface area contributed by atoms with Gasteiger partial charge in [-0.25, -0.2) is 0 Å². The van der Waals surface area contributed by atoms with Gasteiger partial charge in [-0.2, -0.15) is 11.3 Å². The summed E-state index contributed by atoms with van der Waals surface area (Å²) in [6.45, 7) is 3.83. The first-order valence-electron chi connectivity index (χ1n) is 4.63. The SMILES string of the molecule is CC[C@@H](CO)NC(=O)c1cscc1C. The van der Waals surface area contributed by atoms with Crippen LogP contribution < -0.4 is 5.32 Å². The quantitative estimate of drug-likeness (QED) is 0.797. The van der Waals surface area contributed by atoms with Crippen molar-refractivity contribution in [2.75, 3.05) is 6.61 Å². The maximum absolute atomic E-state index is 11.6. The van der Waals surface area contributed by atoms with E-state index in [0.717, 1.165) is 12.0 Å². The molecule has 0 unspecified atom stereocenters. The molecule has 2 N–H and O–H groups in total. The Balaban J connectivity index is 2.63. The maximum Gasteiger partial charge on any atom is 0.252 e. The monoisotopic (exact) mass is 213 g/mol. The lowest BCUT2D eigenvalue weighted by Crippen LogP contribution is -2.36. The third-order valence-electron chi connectivity index (χ3n) is 2.15. The zero-order chi connectivity index (χ0) is 10.6. The van der Waals surface area contributed by atoms with E-state index in [-0.39, 0.29) is 18.6 Å². The number of nitrogens with one attached hydrogen (secondary N) is 1. The van der Waals surface area contributed by atoms with Crippen LogP contribution in [0, 0.1) is 6.92 Å². The molecule has 0 aliphatic carbocycles. The first-order valence-corrected chi connectivity index (χ1v) is 5.57. The molecule has 0 spiro atoms. The predicted molar refractivity (Wildman–Crippen MR) is 57.7 cm³/mol. The molecular formula is C10H15NO2S. The van der Waals surface area contributed by atoms with Crippen LogP contribution in [0.2, 0.25) is 0 Å². The summed E-state index contributed by atoms with van der Waals surface area (Å²) >= 11 is 1.51. The predicted octanol–water partition coefficient (Wildman–Crippen LogP) is 1.56. The van der Waals surface area contributed by atoms with Crippen LogP contribution in [0.15, 0.2) is 10.8 Å². The summed E-state index contributed by atoms with van der Waals surface area (Å²) in [4.78, 5) is 11.6. The van der Waals surface area contributed by atoms with Gasteiger partial charge < -0.3 is 10.4 Å². The number of rotatable bonds is 4. The molecule has 0 aromatic carbocycles. The van der Waals surface area contributed by atoms with E-state index in [0.29, 0.717) is 5.56 Å². The van der Waals surface area contributed by atoms with Crippen molar-refractivity contribution in [2.24, 2.45) is 0 Å². The largest absolute Gasteiger partial charge is 0.394 e. The van der Waals surface area contributed by atoms with Crippen LogP contribution in [0.25, 0.3) is 0 Å². The van der Waals surface area contributed by atoms with Crippen LogP contribution in [0.1, 0.15) is 29.3 Å². The minimum Gasteiger partial charge on any atom is -0.394 e. The second-order valence-electron chi connectivity index (χ2n) is 3.23. The Morgan fingerprint density at radius 2 is 2.36 bits per heavy atom. The van der Waals surface area contributed by atoms with Gasteiger partial charge in [-0.1, -0.05) is 6.92 Å². The van der Waals surface area contributed by atoms with Gasteiger partial charge in [0.05, 0.1) is 18.2 Å². The van der Waals surface area contributed by atoms with Gasteiger partial charge in [-0.3, -0.25) is 4.79 Å². The molecule has 0 aliphatic heterocycles. The lowest BCUT2D eigenvalue weighted by atomic mass is 10.2. The number of hydrogen-bond acceptors (Lipinski definition) is 3. The molecule has 0 fully saturated rings. The fourth-order valence-electron chi connectivity index (χ4n) is 1.13. The fourth-order valence-corrected chi connectivity index (χ4v) is 1.96. The van der Waals surface area contributed by atoms with Crippen LogP contribution in [0.4, 0.5) is 0 Å². The third kappa shape index (κ3) is 2.56. The minimum atomic E-state index is -0.137. The highest BCUT2D eigenvalue weighted by Gasteiger charge is 2.13. The first kappa shape index (κ1) is 11.2. The Hall–Kier alpha value is -0.870. The van der Waals surface area contributed by atoms with E-state index in [2.05, 4.69) is 5.32 Å². The Labute approximate surface area is 87.8 Å². The second kappa shape index (κ2) is 5.12. The zero-order valence-corrected chi connectivity index (χ0v) is 9.23. The summed E-state index contributed by atoms with van der Waals surface area (Å²) in [5.74, 6) is -0.0929. The van der Waals surface area contributed by atoms with Gasteiger partial charge in [0.15, 0.2) is 0 Å². The van der Waals surface area contributed by atoms with E-state index in [9.17, 15) is 4.79 Å². The highest BCUT2D eigenvalue weighted by atomic mass is 32.1. The number of aryl methyl sites for hydroxylation is 1. The summed E-state index contributed by atoms with van der Waals surface area (Å²) in [7, 11) is 0. The highest BCUT2D eigenvalue weighted by molar-refractivity contribution is 7.08. The van der Waals surface area contributed by atoms with Crippen molar-refractivity contribution in [2.45, 2.75) is 26.3 Å². The van der Waals surface area contributed by atoms with Crippen LogP contribution in [-0.4, -0.2) is 23.7 Å². The molecule has 1 amide bonds. The number of aliphatic hydroxyl groups is 1. The summed E-state index contributed by atoms with van der Waals surface area (Å²) in [6, 6.07) is -0.137. The molecular weight excluding hydrogens is 198 g/mol. The molecule has 3 nitrogen and oxygen atoms in total. The standard InChI is InChI=1S/C10H15NO2S/c1-3-8(4-12)11-10(13)9-6-14-5-7(9)2/h5-6,8,12H,3-4H2,1-2H3,(H,11,13)/t8-/m0/s1. The van der Waals surface area contributed by atoms with E-state index in [1.165, 1.54) is 11.3 Å². The number of aliphatic hydroxyl groups excluding tert-OH is 1. The molecule has 1 aromatic heterocycles. The molecule has 4 heteroatoms. The Morgan fingerprint density at radius 1 is 1.64 bits per heavy atom. The van der Waals surface area contributed by atoms with Crippen molar-refractivity contribution < 1.29 is 9.90 Å². The number of hydrogen-bond donors (Lipinski definition) is 2. The summed E-state index contributed by atoms with van der Waals surface area (Å²) in [6.07, 6.45) is 0.741. The van der Waals surface area contributed by atoms with Gasteiger partial charge >= 0.3 is 0 Å². The minimum absolute atomic E-state index is 0.00851. The highest BCUT2D eigenvalue weighted by Crippen LogP contribution is 2.13. The third-order valence-corrected chi connectivity index (χ3v) is 3.01. The van der Waals surface area contributed by atoms with Gasteiger partial charge in [0, 0.05) is 5.38 Å². The summed E-state index contributed by atoms with van der Waals surface area (Å²) < 4.78 is 0. The molecule has 78 valence electrons. The van der Waals surface area contributed by atoms with E-state index in [4.69, 9.17) is 5.11 Å². The molecule has 0 saturated heterocycles. The van der Waals surface area contributed by atoms with Gasteiger partial charge in [0.2, 0.25) is 0 Å². The molecule has 1 aromatic rings. The van der Waals surface area contributed by atoms with Crippen LogP contribution in [-0.2, 0) is 0 Å². The Morgan fingerprint density at radius 3 is 2.79 bits per heavy atom. The van der Waals surface area contributed by atoms with Crippen LogP contribution in [0.5, 0.6) is 0 Å². The molecule has 14 heavy (non-hydrogen) atoms. The lowest BCUT2D eigenvalue weighted by molar-refractivity contribution is 0.0915. The second-order valence-corrected chi connectivity index (χ2v) is 3.97. The number of carbonyl (C=O) groups is 1. The lowest BCUT2D eigenvalue weighted by Gasteiger charge is -2.13. The number of amides is 1. The Bertz CT molecular complexity index is 305. The molecule has 1 rings (SSSR count). The molecule has 1 atom stereocenters. The summed E-state index contributed by atoms with van der Waals surface area (Å²) in [5, 5.41) is 15.5. The van der Waals surface area contributed by atoms with Gasteiger partial charge in [0.25, 0.3) is 5.91 Å². The van der Waals surface area contributed by atoms with Gasteiger partial charge in [-0.15, -0.1) is 0 Å². The molecule has 1 heterocycles. The number of thiophene rings is 1. The zero-order valence-electron chi connectivity index (χ0n) is 8.41. The molecule has 0 aliphatic rings. The molecule has 0 saturated carbocycles. The number of carbonyl (C=O) groups excluding carboxylic acids is 1. The van der Waals surface area contributed by atoms with E-state index >= 15 is 0 Å². The summed E-state index contributed by atoms with van der Waals surface area (Å²) in [5.41, 5.74) is 1.70. The van der Waals surface area contributed by atoms with Gasteiger partial charge in [0.1, 0.15) is 0 Å². The van der Waals surface area contributed by atoms with E-state index < -0.39 is 0 Å². The fraction of sp³-hybridized carbons (Fsp3) is 0.500. The van der Waals surface area contributed by atoms with Crippen molar-refractivity contribution in [3.05, 3.63) is 21.9 Å². The van der Waals surface area contributed by atoms with Crippen molar-refractivity contribution in [3.8, 4) is 0 Å². The molecule has 0 radical (unpaired) electrons. The Kier molecular flexibility index (Phi) is 4.10.